The second-order valence-electron chi connectivity index (χ2n) is 10.8. The third kappa shape index (κ3) is 6.42. The number of hydrogen-bond donors (Lipinski definition) is 6. The van der Waals surface area contributed by atoms with E-state index in [0.29, 0.717) is 36.1 Å². The Morgan fingerprint density at radius 3 is 2.62 bits per heavy atom. The molecule has 4 aliphatic rings. The first-order valence-electron chi connectivity index (χ1n) is 13.0. The van der Waals surface area contributed by atoms with Crippen LogP contribution in [0.4, 0.5) is 0 Å². The lowest BCUT2D eigenvalue weighted by Gasteiger charge is -2.43. The fourth-order valence-corrected chi connectivity index (χ4v) is 6.09. The molecule has 1 saturated carbocycles. The number of carbonyl (C=O) groups excluding carboxylic acids is 1. The van der Waals surface area contributed by atoms with Gasteiger partial charge in [-0.2, -0.15) is 0 Å². The molecule has 0 spiro atoms. The predicted molar refractivity (Wildman–Crippen MR) is 127 cm³/mol. The fraction of sp³-hybridized carbons (Fsp3) is 0.958. The number of amides is 1. The molecule has 0 aromatic rings. The molecule has 0 aromatic heterocycles. The van der Waals surface area contributed by atoms with Crippen LogP contribution in [0.1, 0.15) is 58.8 Å². The number of piperidine rings is 2. The maximum absolute atomic E-state index is 13.0. The van der Waals surface area contributed by atoms with Crippen LogP contribution < -0.4 is 31.9 Å². The molecule has 9 atom stereocenters. The van der Waals surface area contributed by atoms with Gasteiger partial charge < -0.3 is 20.7 Å². The van der Waals surface area contributed by atoms with Crippen molar-refractivity contribution in [2.45, 2.75) is 95.4 Å². The molecule has 3 heterocycles. The van der Waals surface area contributed by atoms with Gasteiger partial charge in [-0.3, -0.25) is 20.7 Å². The molecule has 1 amide bonds. The standard InChI is InChI=1S/C24H46N6O2/c1-15-4-6-17(23(31)28-19-7-5-16(2)27-13-19)11-22(15)30-24-26-9-8-21(29-24)18-10-20(32-3)14-25-12-18/h15-22,24-27,29-30H,4-14H2,1-3H3,(H,28,31). The number of carbonyl (C=O) groups is 1. The highest BCUT2D eigenvalue weighted by molar-refractivity contribution is 5.79. The zero-order valence-electron chi connectivity index (χ0n) is 20.3. The Hall–Kier alpha value is -0.770. The van der Waals surface area contributed by atoms with Crippen LogP contribution in [-0.4, -0.2) is 75.8 Å². The molecule has 1 aliphatic carbocycles. The second kappa shape index (κ2) is 11.6. The van der Waals surface area contributed by atoms with Crippen molar-refractivity contribution < 1.29 is 9.53 Å². The molecule has 8 nitrogen and oxygen atoms in total. The Kier molecular flexibility index (Phi) is 8.81. The first-order valence-corrected chi connectivity index (χ1v) is 13.0. The van der Waals surface area contributed by atoms with E-state index in [2.05, 4.69) is 45.7 Å². The summed E-state index contributed by atoms with van der Waals surface area (Å²) in [6, 6.07) is 1.69. The minimum absolute atomic E-state index is 0.106. The summed E-state index contributed by atoms with van der Waals surface area (Å²) in [5, 5.41) is 21.6. The topological polar surface area (TPSA) is 98.5 Å². The van der Waals surface area contributed by atoms with E-state index >= 15 is 0 Å². The Balaban J connectivity index is 1.26. The molecule has 9 unspecified atom stereocenters. The number of rotatable bonds is 6. The van der Waals surface area contributed by atoms with Crippen molar-refractivity contribution in [2.75, 3.05) is 33.3 Å². The third-order valence-electron chi connectivity index (χ3n) is 8.39. The highest BCUT2D eigenvalue weighted by atomic mass is 16.5. The van der Waals surface area contributed by atoms with Crippen molar-refractivity contribution in [3.8, 4) is 0 Å². The van der Waals surface area contributed by atoms with Gasteiger partial charge in [0.25, 0.3) is 0 Å². The lowest BCUT2D eigenvalue weighted by Crippen LogP contribution is -2.66. The Labute approximate surface area is 194 Å². The Morgan fingerprint density at radius 2 is 1.84 bits per heavy atom. The van der Waals surface area contributed by atoms with E-state index in [1.54, 1.807) is 0 Å². The number of nitrogens with one attached hydrogen (secondary N) is 6. The highest BCUT2D eigenvalue weighted by Gasteiger charge is 2.36. The summed E-state index contributed by atoms with van der Waals surface area (Å²) in [5.41, 5.74) is 0. The summed E-state index contributed by atoms with van der Waals surface area (Å²) in [4.78, 5) is 13.0. The molecule has 4 fully saturated rings. The molecule has 0 radical (unpaired) electrons. The maximum atomic E-state index is 13.0. The van der Waals surface area contributed by atoms with Crippen LogP contribution in [0.2, 0.25) is 0 Å². The summed E-state index contributed by atoms with van der Waals surface area (Å²) in [6.07, 6.45) is 7.93. The molecule has 6 N–H and O–H groups in total. The van der Waals surface area contributed by atoms with E-state index in [9.17, 15) is 4.79 Å². The van der Waals surface area contributed by atoms with Crippen molar-refractivity contribution in [3.05, 3.63) is 0 Å². The summed E-state index contributed by atoms with van der Waals surface area (Å²) in [6.45, 7) is 8.47. The molecule has 32 heavy (non-hydrogen) atoms. The van der Waals surface area contributed by atoms with Gasteiger partial charge in [0.15, 0.2) is 0 Å². The van der Waals surface area contributed by atoms with Gasteiger partial charge in [0.2, 0.25) is 5.91 Å². The van der Waals surface area contributed by atoms with Crippen molar-refractivity contribution in [1.82, 2.24) is 31.9 Å². The van der Waals surface area contributed by atoms with Gasteiger partial charge in [-0.1, -0.05) is 6.92 Å². The minimum Gasteiger partial charge on any atom is -0.380 e. The Morgan fingerprint density at radius 1 is 0.969 bits per heavy atom. The van der Waals surface area contributed by atoms with E-state index in [4.69, 9.17) is 4.74 Å². The van der Waals surface area contributed by atoms with Crippen LogP contribution in [0.15, 0.2) is 0 Å². The SMILES string of the molecule is COC1CNCC(C2CCNC(NC3CC(C(=O)NC4CCC(C)NC4)CCC3C)N2)C1. The fourth-order valence-electron chi connectivity index (χ4n) is 6.09. The van der Waals surface area contributed by atoms with E-state index < -0.39 is 0 Å². The molecular weight excluding hydrogens is 404 g/mol. The van der Waals surface area contributed by atoms with E-state index in [0.717, 1.165) is 71.1 Å². The number of ether oxygens (including phenoxy) is 1. The molecule has 3 aliphatic heterocycles. The molecule has 0 aromatic carbocycles. The first-order chi connectivity index (χ1) is 15.5. The largest absolute Gasteiger partial charge is 0.380 e. The van der Waals surface area contributed by atoms with Crippen molar-refractivity contribution >= 4 is 5.91 Å². The van der Waals surface area contributed by atoms with Crippen molar-refractivity contribution in [3.63, 3.8) is 0 Å². The minimum atomic E-state index is 0.106. The van der Waals surface area contributed by atoms with Gasteiger partial charge in [0, 0.05) is 50.3 Å². The Bertz CT molecular complexity index is 599. The average Bonchev–Trinajstić information content (AvgIpc) is 2.82. The second-order valence-corrected chi connectivity index (χ2v) is 10.8. The molecule has 184 valence electrons. The molecule has 3 saturated heterocycles. The van der Waals surface area contributed by atoms with Gasteiger partial charge in [-0.05, 0) is 76.8 Å². The van der Waals surface area contributed by atoms with Gasteiger partial charge in [-0.15, -0.1) is 0 Å². The third-order valence-corrected chi connectivity index (χ3v) is 8.39. The summed E-state index contributed by atoms with van der Waals surface area (Å²) in [5.74, 6) is 1.54. The van der Waals surface area contributed by atoms with E-state index in [-0.39, 0.29) is 24.2 Å². The summed E-state index contributed by atoms with van der Waals surface area (Å²) in [7, 11) is 1.82. The smallest absolute Gasteiger partial charge is 0.223 e. The van der Waals surface area contributed by atoms with Crippen LogP contribution in [0.25, 0.3) is 0 Å². The molecular formula is C24H46N6O2. The number of methoxy groups -OCH3 is 1. The number of hydrogen-bond acceptors (Lipinski definition) is 7. The first kappa shape index (κ1) is 24.4. The van der Waals surface area contributed by atoms with Crippen molar-refractivity contribution in [1.29, 1.82) is 0 Å². The van der Waals surface area contributed by atoms with Crippen LogP contribution >= 0.6 is 0 Å². The van der Waals surface area contributed by atoms with Crippen LogP contribution in [0, 0.1) is 17.8 Å². The van der Waals surface area contributed by atoms with Gasteiger partial charge in [0.1, 0.15) is 6.29 Å². The maximum Gasteiger partial charge on any atom is 0.223 e. The van der Waals surface area contributed by atoms with Crippen LogP contribution in [0.3, 0.4) is 0 Å². The van der Waals surface area contributed by atoms with Crippen molar-refractivity contribution in [2.24, 2.45) is 17.8 Å². The van der Waals surface area contributed by atoms with Gasteiger partial charge in [0.05, 0.1) is 6.10 Å². The zero-order valence-corrected chi connectivity index (χ0v) is 20.3. The lowest BCUT2D eigenvalue weighted by atomic mass is 9.78. The lowest BCUT2D eigenvalue weighted by molar-refractivity contribution is -0.127. The van der Waals surface area contributed by atoms with E-state index in [1.165, 1.54) is 0 Å². The predicted octanol–water partition coefficient (Wildman–Crippen LogP) is 0.497. The molecule has 8 heteroatoms. The molecule has 4 rings (SSSR count). The van der Waals surface area contributed by atoms with Crippen LogP contribution in [0.5, 0.6) is 0 Å². The quantitative estimate of drug-likeness (QED) is 0.351. The van der Waals surface area contributed by atoms with E-state index in [1.807, 2.05) is 7.11 Å². The average molecular weight is 451 g/mol. The highest BCUT2D eigenvalue weighted by Crippen LogP contribution is 2.30. The van der Waals surface area contributed by atoms with Gasteiger partial charge in [-0.25, -0.2) is 0 Å². The summed E-state index contributed by atoms with van der Waals surface area (Å²) >= 11 is 0. The zero-order chi connectivity index (χ0) is 22.5. The van der Waals surface area contributed by atoms with Gasteiger partial charge >= 0.3 is 0 Å². The summed E-state index contributed by atoms with van der Waals surface area (Å²) < 4.78 is 5.61. The normalized spacial score (nSPS) is 43.5. The monoisotopic (exact) mass is 450 g/mol. The molecule has 0 bridgehead atoms. The van der Waals surface area contributed by atoms with Crippen LogP contribution in [-0.2, 0) is 9.53 Å².